The molecule has 0 spiro atoms. The van der Waals surface area contributed by atoms with Gasteiger partial charge in [0, 0.05) is 23.7 Å². The topological polar surface area (TPSA) is 54.0 Å². The first kappa shape index (κ1) is 30.0. The van der Waals surface area contributed by atoms with Gasteiger partial charge in [0.25, 0.3) is 0 Å². The van der Waals surface area contributed by atoms with Crippen molar-refractivity contribution in [2.24, 2.45) is 0 Å². The third kappa shape index (κ3) is 8.14. The van der Waals surface area contributed by atoms with Crippen molar-refractivity contribution in [3.05, 3.63) is 12.7 Å². The average Bonchev–Trinajstić information content (AvgIpc) is 2.68. The molecule has 178 valence electrons. The SMILES string of the molecule is C=CC(=O)O[Si](O[Si](C)(O[Si](C)(C)C)O[Si](CC)(CC)CC)(C(C)CC)C(C)CC. The van der Waals surface area contributed by atoms with Gasteiger partial charge in [0.2, 0.25) is 0 Å². The van der Waals surface area contributed by atoms with Crippen molar-refractivity contribution in [3.8, 4) is 0 Å². The Hall–Kier alpha value is -0.0425. The van der Waals surface area contributed by atoms with E-state index < -0.39 is 40.0 Å². The van der Waals surface area contributed by atoms with Gasteiger partial charge in [0.15, 0.2) is 16.6 Å². The Morgan fingerprint density at radius 2 is 1.27 bits per heavy atom. The second-order valence-corrected chi connectivity index (χ2v) is 26.0. The zero-order chi connectivity index (χ0) is 23.8. The van der Waals surface area contributed by atoms with E-state index in [0.717, 1.165) is 31.0 Å². The molecule has 30 heavy (non-hydrogen) atoms. The fourth-order valence-corrected chi connectivity index (χ4v) is 23.4. The van der Waals surface area contributed by atoms with Gasteiger partial charge in [-0.05, 0) is 37.8 Å². The lowest BCUT2D eigenvalue weighted by molar-refractivity contribution is -0.131. The molecular formula is C21H48O5Si4. The Bertz CT molecular complexity index is 530. The summed E-state index contributed by atoms with van der Waals surface area (Å²) in [6.07, 6.45) is 2.99. The minimum Gasteiger partial charge on any atom is -0.491 e. The van der Waals surface area contributed by atoms with Gasteiger partial charge in [0.1, 0.15) is 0 Å². The van der Waals surface area contributed by atoms with Crippen molar-refractivity contribution >= 4 is 40.0 Å². The van der Waals surface area contributed by atoms with Crippen molar-refractivity contribution in [1.29, 1.82) is 0 Å². The van der Waals surface area contributed by atoms with E-state index >= 15 is 0 Å². The summed E-state index contributed by atoms with van der Waals surface area (Å²) in [6, 6.07) is 3.07. The monoisotopic (exact) mass is 492 g/mol. The molecule has 3 atom stereocenters. The van der Waals surface area contributed by atoms with Crippen molar-refractivity contribution in [2.75, 3.05) is 0 Å². The highest BCUT2D eigenvalue weighted by Crippen LogP contribution is 2.43. The van der Waals surface area contributed by atoms with Crippen LogP contribution in [0.25, 0.3) is 0 Å². The first-order valence-corrected chi connectivity index (χ1v) is 21.8. The van der Waals surface area contributed by atoms with E-state index in [4.69, 9.17) is 16.8 Å². The Morgan fingerprint density at radius 3 is 1.57 bits per heavy atom. The number of hydrogen-bond donors (Lipinski definition) is 0. The third-order valence-corrected chi connectivity index (χ3v) is 24.1. The molecule has 0 aliphatic rings. The maximum absolute atomic E-state index is 12.5. The third-order valence-electron chi connectivity index (χ3n) is 6.20. The summed E-state index contributed by atoms with van der Waals surface area (Å²) in [6.45, 7) is 27.4. The summed E-state index contributed by atoms with van der Waals surface area (Å²) in [5, 5.41) is 0. The van der Waals surface area contributed by atoms with E-state index in [1.54, 1.807) is 0 Å². The molecule has 0 rings (SSSR count). The average molecular weight is 493 g/mol. The van der Waals surface area contributed by atoms with Crippen LogP contribution in [0, 0.1) is 0 Å². The summed E-state index contributed by atoms with van der Waals surface area (Å²) in [4.78, 5) is 12.5. The Balaban J connectivity index is 6.56. The molecular weight excluding hydrogens is 445 g/mol. The van der Waals surface area contributed by atoms with Gasteiger partial charge in [-0.3, -0.25) is 0 Å². The second kappa shape index (κ2) is 12.3. The van der Waals surface area contributed by atoms with Gasteiger partial charge in [-0.25, -0.2) is 4.79 Å². The van der Waals surface area contributed by atoms with Crippen LogP contribution in [0.1, 0.15) is 61.3 Å². The van der Waals surface area contributed by atoms with Crippen LogP contribution >= 0.6 is 0 Å². The molecule has 0 amide bonds. The first-order valence-electron chi connectivity index (χ1n) is 11.7. The quantitative estimate of drug-likeness (QED) is 0.178. The van der Waals surface area contributed by atoms with Crippen LogP contribution in [0.15, 0.2) is 12.7 Å². The van der Waals surface area contributed by atoms with Gasteiger partial charge in [-0.1, -0.05) is 67.9 Å². The summed E-state index contributed by atoms with van der Waals surface area (Å²) in [5.74, 6) is -0.406. The molecule has 0 N–H and O–H groups in total. The fourth-order valence-electron chi connectivity index (χ4n) is 3.95. The van der Waals surface area contributed by atoms with Gasteiger partial charge in [0.05, 0.1) is 0 Å². The van der Waals surface area contributed by atoms with Crippen LogP contribution in [-0.2, 0) is 21.6 Å². The van der Waals surface area contributed by atoms with Crippen LogP contribution < -0.4 is 0 Å². The van der Waals surface area contributed by atoms with Crippen molar-refractivity contribution < 1.29 is 21.6 Å². The minimum atomic E-state index is -3.08. The molecule has 0 aliphatic heterocycles. The molecule has 0 saturated carbocycles. The highest BCUT2D eigenvalue weighted by Gasteiger charge is 2.58. The summed E-state index contributed by atoms with van der Waals surface area (Å²) < 4.78 is 27.0. The van der Waals surface area contributed by atoms with Gasteiger partial charge in [-0.15, -0.1) is 0 Å². The number of carbonyl (C=O) groups is 1. The van der Waals surface area contributed by atoms with E-state index in [2.05, 4.69) is 74.7 Å². The Morgan fingerprint density at radius 1 is 0.833 bits per heavy atom. The van der Waals surface area contributed by atoms with Crippen LogP contribution in [0.5, 0.6) is 0 Å². The first-order chi connectivity index (χ1) is 13.7. The largest absolute Gasteiger partial charge is 0.491 e. The standard InChI is InChI=1S/C21H48O5Si4/c1-13-19(7)30(20(8)14-2,23-21(22)15-3)26-28(12,24-27(9,10)11)25-29(16-4,17-5)18-6/h15,19-20H,3,13-14,16-18H2,1-2,4-12H3. The van der Waals surface area contributed by atoms with Crippen molar-refractivity contribution in [1.82, 2.24) is 0 Å². The minimum absolute atomic E-state index is 0.123. The van der Waals surface area contributed by atoms with Gasteiger partial charge >= 0.3 is 23.3 Å². The summed E-state index contributed by atoms with van der Waals surface area (Å²) >= 11 is 0. The predicted octanol–water partition coefficient (Wildman–Crippen LogP) is 7.22. The lowest BCUT2D eigenvalue weighted by Gasteiger charge is -2.47. The maximum Gasteiger partial charge on any atom is 0.468 e. The zero-order valence-electron chi connectivity index (χ0n) is 21.5. The number of rotatable bonds is 15. The molecule has 0 radical (unpaired) electrons. The van der Waals surface area contributed by atoms with E-state index in [-0.39, 0.29) is 11.1 Å². The van der Waals surface area contributed by atoms with Crippen molar-refractivity contribution in [3.63, 3.8) is 0 Å². The van der Waals surface area contributed by atoms with Crippen LogP contribution in [0.3, 0.4) is 0 Å². The lowest BCUT2D eigenvalue weighted by Crippen LogP contribution is -2.65. The molecule has 5 nitrogen and oxygen atoms in total. The Kier molecular flexibility index (Phi) is 12.2. The van der Waals surface area contributed by atoms with E-state index in [1.807, 2.05) is 6.55 Å². The van der Waals surface area contributed by atoms with E-state index in [0.29, 0.717) is 0 Å². The molecule has 9 heteroatoms. The molecule has 3 unspecified atom stereocenters. The molecule has 0 saturated heterocycles. The van der Waals surface area contributed by atoms with Gasteiger partial charge in [-0.2, -0.15) is 0 Å². The van der Waals surface area contributed by atoms with Crippen molar-refractivity contribution in [2.45, 2.75) is 117 Å². The molecule has 0 aromatic carbocycles. The molecule has 0 fully saturated rings. The van der Waals surface area contributed by atoms with Crippen LogP contribution in [0.2, 0.25) is 55.4 Å². The second-order valence-electron chi connectivity index (χ2n) is 9.49. The highest BCUT2D eigenvalue weighted by molar-refractivity contribution is 6.90. The fraction of sp³-hybridized carbons (Fsp3) is 0.857. The van der Waals surface area contributed by atoms with E-state index in [1.165, 1.54) is 6.08 Å². The molecule has 0 aromatic heterocycles. The summed E-state index contributed by atoms with van der Waals surface area (Å²) in [5.41, 5.74) is 0.246. The molecule has 0 aliphatic carbocycles. The molecule has 0 bridgehead atoms. The smallest absolute Gasteiger partial charge is 0.468 e. The maximum atomic E-state index is 12.5. The zero-order valence-corrected chi connectivity index (χ0v) is 25.5. The molecule has 0 heterocycles. The number of hydrogen-bond acceptors (Lipinski definition) is 5. The Labute approximate surface area is 190 Å². The normalized spacial score (nSPS) is 18.8. The van der Waals surface area contributed by atoms with E-state index in [9.17, 15) is 4.79 Å². The predicted molar refractivity (Wildman–Crippen MR) is 137 cm³/mol. The number of carbonyl (C=O) groups excluding carboxylic acids is 1. The summed E-state index contributed by atoms with van der Waals surface area (Å²) in [7, 11) is -10.1. The molecule has 0 aromatic rings. The lowest BCUT2D eigenvalue weighted by atomic mass is 10.4. The van der Waals surface area contributed by atoms with Crippen LogP contribution in [0.4, 0.5) is 0 Å². The highest BCUT2D eigenvalue weighted by atomic mass is 28.5. The van der Waals surface area contributed by atoms with Crippen LogP contribution in [-0.4, -0.2) is 40.0 Å². The van der Waals surface area contributed by atoms with Gasteiger partial charge < -0.3 is 16.8 Å².